The Labute approximate surface area is 202 Å². The maximum atomic E-state index is 12.8. The second-order valence-electron chi connectivity index (χ2n) is 10.9. The quantitative estimate of drug-likeness (QED) is 0.210. The Morgan fingerprint density at radius 3 is 1.43 bits per heavy atom. The fraction of sp³-hybridized carbons (Fsp3) is 0.850. The SMILES string of the molecule is CC(C)(C)COC(=O)C(C(=O)CC(C)(C)C)C(C(=O)OCC(C)(C)C)S(=O)(=O)[O-].[Na+]. The van der Waals surface area contributed by atoms with Crippen LogP contribution in [0.1, 0.15) is 68.7 Å². The molecule has 0 aliphatic rings. The molecule has 2 unspecified atom stereocenters. The van der Waals surface area contributed by atoms with Crippen LogP contribution in [0.3, 0.4) is 0 Å². The topological polar surface area (TPSA) is 127 Å². The second-order valence-corrected chi connectivity index (χ2v) is 12.4. The molecule has 0 heterocycles. The summed E-state index contributed by atoms with van der Waals surface area (Å²) in [6.07, 6.45) is -0.221. The Bertz CT molecular complexity index is 709. The number of ether oxygens (including phenoxy) is 2. The molecule has 10 heteroatoms. The first-order valence-corrected chi connectivity index (χ1v) is 10.9. The van der Waals surface area contributed by atoms with Gasteiger partial charge in [-0.3, -0.25) is 14.4 Å². The van der Waals surface area contributed by atoms with Crippen molar-refractivity contribution in [3.05, 3.63) is 0 Å². The van der Waals surface area contributed by atoms with Crippen LogP contribution < -0.4 is 29.6 Å². The van der Waals surface area contributed by atoms with E-state index in [4.69, 9.17) is 9.47 Å². The van der Waals surface area contributed by atoms with E-state index in [1.165, 1.54) is 0 Å². The zero-order chi connectivity index (χ0) is 23.4. The molecule has 0 spiro atoms. The zero-order valence-electron chi connectivity index (χ0n) is 20.0. The fourth-order valence-electron chi connectivity index (χ4n) is 2.22. The summed E-state index contributed by atoms with van der Waals surface area (Å²) in [4.78, 5) is 38.0. The summed E-state index contributed by atoms with van der Waals surface area (Å²) in [7, 11) is -5.38. The molecule has 0 aromatic carbocycles. The summed E-state index contributed by atoms with van der Waals surface area (Å²) in [6.45, 7) is 15.3. The van der Waals surface area contributed by atoms with Crippen LogP contribution in [0, 0.1) is 22.2 Å². The van der Waals surface area contributed by atoms with E-state index in [1.807, 2.05) is 0 Å². The van der Waals surface area contributed by atoms with Gasteiger partial charge in [0.2, 0.25) is 0 Å². The van der Waals surface area contributed by atoms with Gasteiger partial charge in [0.1, 0.15) is 21.8 Å². The van der Waals surface area contributed by atoms with E-state index < -0.39 is 55.3 Å². The zero-order valence-corrected chi connectivity index (χ0v) is 22.8. The number of carbonyl (C=O) groups is 3. The molecule has 0 fully saturated rings. The van der Waals surface area contributed by atoms with Gasteiger partial charge in [-0.25, -0.2) is 8.42 Å². The van der Waals surface area contributed by atoms with Gasteiger partial charge in [-0.2, -0.15) is 0 Å². The number of hydrogen-bond donors (Lipinski definition) is 0. The molecule has 0 aliphatic heterocycles. The molecule has 0 saturated carbocycles. The summed E-state index contributed by atoms with van der Waals surface area (Å²) in [5, 5.41) is -2.49. The minimum absolute atomic E-state index is 0. The van der Waals surface area contributed by atoms with Crippen LogP contribution in [-0.2, 0) is 34.0 Å². The summed E-state index contributed by atoms with van der Waals surface area (Å²) >= 11 is 0. The van der Waals surface area contributed by atoms with Gasteiger partial charge in [-0.1, -0.05) is 62.3 Å². The Hall–Kier alpha value is -0.480. The largest absolute Gasteiger partial charge is 1.00 e. The predicted octanol–water partition coefficient (Wildman–Crippen LogP) is -0.296. The molecule has 0 amide bonds. The molecule has 0 aromatic rings. The molecule has 0 radical (unpaired) electrons. The van der Waals surface area contributed by atoms with Crippen molar-refractivity contribution >= 4 is 27.8 Å². The van der Waals surface area contributed by atoms with Crippen molar-refractivity contribution in [2.24, 2.45) is 22.2 Å². The molecule has 0 rings (SSSR count). The van der Waals surface area contributed by atoms with E-state index in [0.717, 1.165) is 0 Å². The van der Waals surface area contributed by atoms with Crippen molar-refractivity contribution < 1.29 is 66.4 Å². The van der Waals surface area contributed by atoms with E-state index in [9.17, 15) is 27.4 Å². The van der Waals surface area contributed by atoms with Crippen LogP contribution in [0.4, 0.5) is 0 Å². The molecule has 8 nitrogen and oxygen atoms in total. The molecular formula is C20H35NaO8S. The van der Waals surface area contributed by atoms with Crippen molar-refractivity contribution in [3.8, 4) is 0 Å². The van der Waals surface area contributed by atoms with Gasteiger partial charge in [0.05, 0.1) is 13.2 Å². The van der Waals surface area contributed by atoms with E-state index in [0.29, 0.717) is 0 Å². The molecule has 0 N–H and O–H groups in total. The summed E-state index contributed by atoms with van der Waals surface area (Å²) < 4.78 is 45.8. The third-order valence-corrected chi connectivity index (χ3v) is 4.53. The third-order valence-electron chi connectivity index (χ3n) is 3.45. The number of Topliss-reactive ketones (excluding diaryl/α,β-unsaturated/α-hetero) is 1. The van der Waals surface area contributed by atoms with Gasteiger partial charge in [0.15, 0.2) is 5.25 Å². The van der Waals surface area contributed by atoms with Crippen molar-refractivity contribution in [2.45, 2.75) is 74.0 Å². The molecule has 0 bridgehead atoms. The number of ketones is 1. The Balaban J connectivity index is 0. The average molecular weight is 459 g/mol. The van der Waals surface area contributed by atoms with E-state index in [-0.39, 0.29) is 49.2 Å². The van der Waals surface area contributed by atoms with Gasteiger partial charge < -0.3 is 14.0 Å². The number of hydrogen-bond acceptors (Lipinski definition) is 8. The van der Waals surface area contributed by atoms with Crippen LogP contribution >= 0.6 is 0 Å². The van der Waals surface area contributed by atoms with E-state index >= 15 is 0 Å². The molecule has 0 aliphatic carbocycles. The van der Waals surface area contributed by atoms with Crippen LogP contribution in [0.25, 0.3) is 0 Å². The summed E-state index contributed by atoms with van der Waals surface area (Å²) in [5.74, 6) is -5.57. The van der Waals surface area contributed by atoms with Crippen molar-refractivity contribution in [1.29, 1.82) is 0 Å². The van der Waals surface area contributed by atoms with Gasteiger partial charge in [-0.05, 0) is 16.2 Å². The van der Waals surface area contributed by atoms with Crippen molar-refractivity contribution in [1.82, 2.24) is 0 Å². The maximum absolute atomic E-state index is 12.8. The van der Waals surface area contributed by atoms with Gasteiger partial charge in [-0.15, -0.1) is 0 Å². The molecule has 170 valence electrons. The van der Waals surface area contributed by atoms with Gasteiger partial charge >= 0.3 is 41.5 Å². The minimum atomic E-state index is -5.38. The number of esters is 2. The van der Waals surface area contributed by atoms with Crippen LogP contribution in [-0.4, -0.2) is 49.2 Å². The van der Waals surface area contributed by atoms with E-state index in [1.54, 1.807) is 62.3 Å². The third kappa shape index (κ3) is 13.0. The molecular weight excluding hydrogens is 423 g/mol. The van der Waals surface area contributed by atoms with Gasteiger partial charge in [0, 0.05) is 6.42 Å². The van der Waals surface area contributed by atoms with Crippen LogP contribution in [0.5, 0.6) is 0 Å². The summed E-state index contributed by atoms with van der Waals surface area (Å²) in [5.41, 5.74) is -1.58. The Morgan fingerprint density at radius 2 is 1.13 bits per heavy atom. The second kappa shape index (κ2) is 11.4. The van der Waals surface area contributed by atoms with E-state index in [2.05, 4.69) is 0 Å². The normalized spacial score (nSPS) is 14.9. The van der Waals surface area contributed by atoms with Crippen LogP contribution in [0.15, 0.2) is 0 Å². The Morgan fingerprint density at radius 1 is 0.767 bits per heavy atom. The standard InChI is InChI=1S/C20H36O8S.Na/c1-18(2,3)10-13(21)14(16(22)27-11-19(4,5)6)15(29(24,25)26)17(23)28-12-20(7,8)9;/h14-15H,10-12H2,1-9H3,(H,24,25,26);/q;+1/p-1. The average Bonchev–Trinajstić information content (AvgIpc) is 2.43. The predicted molar refractivity (Wildman–Crippen MR) is 107 cm³/mol. The first-order chi connectivity index (χ1) is 12.6. The summed E-state index contributed by atoms with van der Waals surface area (Å²) in [6, 6.07) is 0. The number of rotatable bonds is 8. The Kier molecular flexibility index (Phi) is 12.1. The smallest absolute Gasteiger partial charge is 0.747 e. The molecule has 2 atom stereocenters. The number of carbonyl (C=O) groups excluding carboxylic acids is 3. The molecule has 0 aromatic heterocycles. The van der Waals surface area contributed by atoms with Gasteiger partial charge in [0.25, 0.3) is 0 Å². The first-order valence-electron chi connectivity index (χ1n) is 9.45. The van der Waals surface area contributed by atoms with Crippen LogP contribution in [0.2, 0.25) is 0 Å². The monoisotopic (exact) mass is 458 g/mol. The first kappa shape index (κ1) is 31.7. The van der Waals surface area contributed by atoms with Crippen molar-refractivity contribution in [2.75, 3.05) is 13.2 Å². The fourth-order valence-corrected chi connectivity index (χ4v) is 3.12. The maximum Gasteiger partial charge on any atom is 1.00 e. The molecule has 30 heavy (non-hydrogen) atoms. The molecule has 0 saturated heterocycles. The van der Waals surface area contributed by atoms with Crippen molar-refractivity contribution in [3.63, 3.8) is 0 Å². The minimum Gasteiger partial charge on any atom is -0.747 e.